The Bertz CT molecular complexity index is 344. The fraction of sp³-hybridized carbons (Fsp3) is 0.786. The standard InChI is InChI=1S/C14H26N2OS/c1-6-7-15-11(9-17-5)8-13-16-12(10-18-13)14(2,3)4/h10-11,15H,6-9H2,1-5H3. The van der Waals surface area contributed by atoms with Crippen molar-refractivity contribution in [1.29, 1.82) is 0 Å². The molecule has 0 bridgehead atoms. The number of hydrogen-bond acceptors (Lipinski definition) is 4. The fourth-order valence-electron chi connectivity index (χ4n) is 1.70. The van der Waals surface area contributed by atoms with Gasteiger partial charge >= 0.3 is 0 Å². The molecule has 18 heavy (non-hydrogen) atoms. The summed E-state index contributed by atoms with van der Waals surface area (Å²) in [5, 5.41) is 6.89. The van der Waals surface area contributed by atoms with E-state index in [9.17, 15) is 0 Å². The molecule has 1 unspecified atom stereocenters. The van der Waals surface area contributed by atoms with Crippen molar-refractivity contribution in [3.8, 4) is 0 Å². The Morgan fingerprint density at radius 2 is 2.17 bits per heavy atom. The topological polar surface area (TPSA) is 34.1 Å². The van der Waals surface area contributed by atoms with Crippen LogP contribution in [0, 0.1) is 0 Å². The average Bonchev–Trinajstić information content (AvgIpc) is 2.74. The third-order valence-electron chi connectivity index (χ3n) is 2.79. The van der Waals surface area contributed by atoms with Crippen LogP contribution in [0.5, 0.6) is 0 Å². The largest absolute Gasteiger partial charge is 0.383 e. The summed E-state index contributed by atoms with van der Waals surface area (Å²) in [6, 6.07) is 0.369. The molecule has 1 aromatic rings. The molecule has 0 spiro atoms. The van der Waals surface area contributed by atoms with Gasteiger partial charge in [-0.25, -0.2) is 4.98 Å². The second kappa shape index (κ2) is 7.22. The summed E-state index contributed by atoms with van der Waals surface area (Å²) in [4.78, 5) is 4.73. The lowest BCUT2D eigenvalue weighted by molar-refractivity contribution is 0.166. The van der Waals surface area contributed by atoms with Gasteiger partial charge in [-0.1, -0.05) is 27.7 Å². The summed E-state index contributed by atoms with van der Waals surface area (Å²) in [5.74, 6) is 0. The van der Waals surface area contributed by atoms with Crippen LogP contribution in [-0.4, -0.2) is 31.3 Å². The van der Waals surface area contributed by atoms with Gasteiger partial charge in [0.2, 0.25) is 0 Å². The molecule has 1 N–H and O–H groups in total. The van der Waals surface area contributed by atoms with Crippen molar-refractivity contribution in [3.05, 3.63) is 16.1 Å². The molecule has 1 atom stereocenters. The molecule has 0 fully saturated rings. The molecule has 3 nitrogen and oxygen atoms in total. The minimum atomic E-state index is 0.141. The van der Waals surface area contributed by atoms with Gasteiger partial charge in [0.05, 0.1) is 17.3 Å². The lowest BCUT2D eigenvalue weighted by atomic mass is 9.93. The van der Waals surface area contributed by atoms with E-state index >= 15 is 0 Å². The second-order valence-corrected chi connectivity index (χ2v) is 6.63. The molecule has 0 saturated carbocycles. The maximum Gasteiger partial charge on any atom is 0.0944 e. The molecule has 0 aliphatic rings. The molecular formula is C14H26N2OS. The average molecular weight is 270 g/mol. The Morgan fingerprint density at radius 3 is 2.67 bits per heavy atom. The van der Waals surface area contributed by atoms with E-state index in [4.69, 9.17) is 9.72 Å². The van der Waals surface area contributed by atoms with Gasteiger partial charge in [-0.05, 0) is 13.0 Å². The number of ether oxygens (including phenoxy) is 1. The van der Waals surface area contributed by atoms with Crippen molar-refractivity contribution in [2.45, 2.75) is 52.0 Å². The van der Waals surface area contributed by atoms with Crippen LogP contribution in [0.3, 0.4) is 0 Å². The van der Waals surface area contributed by atoms with Crippen LogP contribution in [0.15, 0.2) is 5.38 Å². The molecule has 0 aliphatic heterocycles. The number of nitrogens with zero attached hydrogens (tertiary/aromatic N) is 1. The van der Waals surface area contributed by atoms with E-state index in [0.717, 1.165) is 26.0 Å². The highest BCUT2D eigenvalue weighted by Crippen LogP contribution is 2.24. The molecule has 0 aromatic carbocycles. The van der Waals surface area contributed by atoms with Crippen molar-refractivity contribution in [1.82, 2.24) is 10.3 Å². The van der Waals surface area contributed by atoms with E-state index in [1.807, 2.05) is 0 Å². The van der Waals surface area contributed by atoms with Gasteiger partial charge in [0.25, 0.3) is 0 Å². The van der Waals surface area contributed by atoms with Crippen molar-refractivity contribution >= 4 is 11.3 Å². The van der Waals surface area contributed by atoms with Crippen LogP contribution in [0.1, 0.15) is 44.8 Å². The molecular weight excluding hydrogens is 244 g/mol. The van der Waals surface area contributed by atoms with E-state index in [-0.39, 0.29) is 5.41 Å². The van der Waals surface area contributed by atoms with Gasteiger partial charge in [-0.15, -0.1) is 11.3 Å². The molecule has 104 valence electrons. The number of methoxy groups -OCH3 is 1. The number of thiazole rings is 1. The minimum absolute atomic E-state index is 0.141. The molecule has 1 aromatic heterocycles. The van der Waals surface area contributed by atoms with Crippen LogP contribution >= 0.6 is 11.3 Å². The number of rotatable bonds is 7. The Hall–Kier alpha value is -0.450. The monoisotopic (exact) mass is 270 g/mol. The van der Waals surface area contributed by atoms with Gasteiger partial charge in [0.1, 0.15) is 0 Å². The third-order valence-corrected chi connectivity index (χ3v) is 3.66. The lowest BCUT2D eigenvalue weighted by Gasteiger charge is -2.17. The van der Waals surface area contributed by atoms with Gasteiger partial charge in [-0.2, -0.15) is 0 Å². The van der Waals surface area contributed by atoms with E-state index < -0.39 is 0 Å². The summed E-state index contributed by atoms with van der Waals surface area (Å²) < 4.78 is 5.26. The third kappa shape index (κ3) is 5.04. The van der Waals surface area contributed by atoms with Crippen LogP contribution in [0.4, 0.5) is 0 Å². The van der Waals surface area contributed by atoms with Crippen LogP contribution in [-0.2, 0) is 16.6 Å². The Labute approximate surface area is 115 Å². The van der Waals surface area contributed by atoms with Gasteiger partial charge < -0.3 is 10.1 Å². The first-order valence-electron chi connectivity index (χ1n) is 6.64. The van der Waals surface area contributed by atoms with Gasteiger partial charge in [-0.3, -0.25) is 0 Å². The first-order valence-corrected chi connectivity index (χ1v) is 7.52. The maximum absolute atomic E-state index is 5.26. The van der Waals surface area contributed by atoms with E-state index in [1.165, 1.54) is 10.7 Å². The van der Waals surface area contributed by atoms with E-state index in [2.05, 4.69) is 38.4 Å². The summed E-state index contributed by atoms with van der Waals surface area (Å²) in [7, 11) is 1.75. The quantitative estimate of drug-likeness (QED) is 0.827. The number of hydrogen-bond donors (Lipinski definition) is 1. The number of nitrogens with one attached hydrogen (secondary N) is 1. The molecule has 0 aliphatic carbocycles. The normalized spacial score (nSPS) is 13.8. The molecule has 1 rings (SSSR count). The van der Waals surface area contributed by atoms with Crippen LogP contribution < -0.4 is 5.32 Å². The smallest absolute Gasteiger partial charge is 0.0944 e. The molecule has 4 heteroatoms. The first kappa shape index (κ1) is 15.6. The molecule has 1 heterocycles. The van der Waals surface area contributed by atoms with Crippen molar-refractivity contribution < 1.29 is 4.74 Å². The summed E-state index contributed by atoms with van der Waals surface area (Å²) in [6.45, 7) is 10.6. The molecule has 0 saturated heterocycles. The Kier molecular flexibility index (Phi) is 6.26. The minimum Gasteiger partial charge on any atom is -0.383 e. The lowest BCUT2D eigenvalue weighted by Crippen LogP contribution is -2.35. The van der Waals surface area contributed by atoms with Gasteiger partial charge in [0, 0.05) is 30.4 Å². The predicted molar refractivity (Wildman–Crippen MR) is 78.5 cm³/mol. The highest BCUT2D eigenvalue weighted by Gasteiger charge is 2.18. The molecule has 0 radical (unpaired) electrons. The van der Waals surface area contributed by atoms with Crippen molar-refractivity contribution in [3.63, 3.8) is 0 Å². The number of aromatic nitrogens is 1. The highest BCUT2D eigenvalue weighted by atomic mass is 32.1. The van der Waals surface area contributed by atoms with Crippen molar-refractivity contribution in [2.75, 3.05) is 20.3 Å². The van der Waals surface area contributed by atoms with Crippen molar-refractivity contribution in [2.24, 2.45) is 0 Å². The second-order valence-electron chi connectivity index (χ2n) is 5.69. The van der Waals surface area contributed by atoms with Crippen LogP contribution in [0.2, 0.25) is 0 Å². The SMILES string of the molecule is CCCNC(COC)Cc1nc(C(C)(C)C)cs1. The Balaban J connectivity index is 2.60. The maximum atomic E-state index is 5.26. The summed E-state index contributed by atoms with van der Waals surface area (Å²) >= 11 is 1.76. The predicted octanol–water partition coefficient (Wildman–Crippen LogP) is 3.00. The summed E-state index contributed by atoms with van der Waals surface area (Å²) in [6.07, 6.45) is 2.10. The van der Waals surface area contributed by atoms with Gasteiger partial charge in [0.15, 0.2) is 0 Å². The van der Waals surface area contributed by atoms with E-state index in [1.54, 1.807) is 18.4 Å². The highest BCUT2D eigenvalue weighted by molar-refractivity contribution is 7.09. The summed E-state index contributed by atoms with van der Waals surface area (Å²) in [5.41, 5.74) is 1.33. The molecule has 0 amide bonds. The fourth-order valence-corrected chi connectivity index (χ4v) is 2.80. The zero-order valence-electron chi connectivity index (χ0n) is 12.2. The Morgan fingerprint density at radius 1 is 1.44 bits per heavy atom. The zero-order valence-corrected chi connectivity index (χ0v) is 13.1. The zero-order chi connectivity index (χ0) is 13.6. The first-order chi connectivity index (χ1) is 8.47. The van der Waals surface area contributed by atoms with Crippen LogP contribution in [0.25, 0.3) is 0 Å². The van der Waals surface area contributed by atoms with E-state index in [0.29, 0.717) is 6.04 Å².